The summed E-state index contributed by atoms with van der Waals surface area (Å²) in [6.07, 6.45) is 3.44. The zero-order chi connectivity index (χ0) is 14.7. The molecule has 108 valence electrons. The number of carbonyl (C=O) groups excluding carboxylic acids is 1. The number of carboxylic acid groups (broad SMARTS) is 1. The Morgan fingerprint density at radius 3 is 2.55 bits per heavy atom. The van der Waals surface area contributed by atoms with Crippen molar-refractivity contribution < 1.29 is 19.4 Å². The summed E-state index contributed by atoms with van der Waals surface area (Å²) in [5.74, 6) is -1.01. The number of piperidine rings is 1. The molecule has 1 aromatic heterocycles. The van der Waals surface area contributed by atoms with Crippen LogP contribution in [-0.4, -0.2) is 47.2 Å². The lowest BCUT2D eigenvalue weighted by atomic mass is 9.91. The number of rotatable bonds is 3. The Bertz CT molecular complexity index is 503. The Morgan fingerprint density at radius 2 is 2.00 bits per heavy atom. The molecule has 7 nitrogen and oxygen atoms in total. The molecule has 2 rings (SSSR count). The Kier molecular flexibility index (Phi) is 4.16. The van der Waals surface area contributed by atoms with Crippen LogP contribution < -0.4 is 4.90 Å². The van der Waals surface area contributed by atoms with Gasteiger partial charge in [0.05, 0.1) is 18.6 Å². The second kappa shape index (κ2) is 5.85. The molecule has 0 saturated carbocycles. The number of methoxy groups -OCH3 is 1. The zero-order valence-electron chi connectivity index (χ0n) is 11.4. The Morgan fingerprint density at radius 1 is 1.35 bits per heavy atom. The molecule has 0 aromatic carbocycles. The lowest BCUT2D eigenvalue weighted by Gasteiger charge is -2.34. The first-order valence-electron chi connectivity index (χ1n) is 6.39. The number of hydrogen-bond donors (Lipinski definition) is 1. The van der Waals surface area contributed by atoms with E-state index in [1.165, 1.54) is 19.5 Å². The molecule has 0 bridgehead atoms. The van der Waals surface area contributed by atoms with Crippen LogP contribution in [0.3, 0.4) is 0 Å². The SMILES string of the molecule is COC(=O)c1cnc(N2CC(C)CC(C(=O)O)C2)nc1. The number of hydrogen-bond acceptors (Lipinski definition) is 6. The summed E-state index contributed by atoms with van der Waals surface area (Å²) in [6, 6.07) is 0. The normalized spacial score (nSPS) is 22.4. The van der Waals surface area contributed by atoms with E-state index in [0.29, 0.717) is 25.5 Å². The highest BCUT2D eigenvalue weighted by Gasteiger charge is 2.30. The summed E-state index contributed by atoms with van der Waals surface area (Å²) in [4.78, 5) is 32.5. The molecule has 1 fully saturated rings. The van der Waals surface area contributed by atoms with Gasteiger partial charge in [-0.1, -0.05) is 6.92 Å². The first-order chi connectivity index (χ1) is 9.51. The van der Waals surface area contributed by atoms with Gasteiger partial charge in [-0.3, -0.25) is 4.79 Å². The van der Waals surface area contributed by atoms with Crippen LogP contribution >= 0.6 is 0 Å². The number of carboxylic acids is 1. The highest BCUT2D eigenvalue weighted by atomic mass is 16.5. The molecule has 0 spiro atoms. The minimum Gasteiger partial charge on any atom is -0.481 e. The maximum Gasteiger partial charge on any atom is 0.341 e. The molecule has 2 unspecified atom stereocenters. The van der Waals surface area contributed by atoms with Crippen molar-refractivity contribution in [2.24, 2.45) is 11.8 Å². The van der Waals surface area contributed by atoms with Gasteiger partial charge >= 0.3 is 11.9 Å². The van der Waals surface area contributed by atoms with Gasteiger partial charge in [-0.2, -0.15) is 0 Å². The number of esters is 1. The molecule has 1 saturated heterocycles. The van der Waals surface area contributed by atoms with Crippen molar-refractivity contribution in [1.29, 1.82) is 0 Å². The highest BCUT2D eigenvalue weighted by molar-refractivity contribution is 5.88. The number of anilines is 1. The first kappa shape index (κ1) is 14.2. The van der Waals surface area contributed by atoms with Gasteiger partial charge in [-0.05, 0) is 12.3 Å². The van der Waals surface area contributed by atoms with Crippen molar-refractivity contribution >= 4 is 17.9 Å². The van der Waals surface area contributed by atoms with Crippen LogP contribution in [0.1, 0.15) is 23.7 Å². The second-order valence-corrected chi connectivity index (χ2v) is 5.04. The quantitative estimate of drug-likeness (QED) is 0.818. The summed E-state index contributed by atoms with van der Waals surface area (Å²) in [5, 5.41) is 9.14. The van der Waals surface area contributed by atoms with E-state index in [-0.39, 0.29) is 11.5 Å². The third-order valence-electron chi connectivity index (χ3n) is 3.35. The van der Waals surface area contributed by atoms with Crippen LogP contribution in [0.15, 0.2) is 12.4 Å². The average Bonchev–Trinajstić information content (AvgIpc) is 2.46. The van der Waals surface area contributed by atoms with Crippen molar-refractivity contribution in [1.82, 2.24) is 9.97 Å². The van der Waals surface area contributed by atoms with Crippen LogP contribution in [-0.2, 0) is 9.53 Å². The minimum absolute atomic E-state index is 0.258. The summed E-state index contributed by atoms with van der Waals surface area (Å²) in [5.41, 5.74) is 0.274. The summed E-state index contributed by atoms with van der Waals surface area (Å²) in [7, 11) is 1.29. The topological polar surface area (TPSA) is 92.6 Å². The van der Waals surface area contributed by atoms with Crippen molar-refractivity contribution in [3.05, 3.63) is 18.0 Å². The van der Waals surface area contributed by atoms with E-state index in [0.717, 1.165) is 0 Å². The lowest BCUT2D eigenvalue weighted by molar-refractivity contribution is -0.142. The van der Waals surface area contributed by atoms with Crippen LogP contribution in [0.5, 0.6) is 0 Å². The van der Waals surface area contributed by atoms with Gasteiger partial charge in [0.2, 0.25) is 5.95 Å². The predicted octanol–water partition coefficient (Wildman–Crippen LogP) is 0.810. The van der Waals surface area contributed by atoms with Crippen molar-refractivity contribution in [2.75, 3.05) is 25.1 Å². The summed E-state index contributed by atoms with van der Waals surface area (Å²) < 4.78 is 4.58. The van der Waals surface area contributed by atoms with Crippen molar-refractivity contribution in [2.45, 2.75) is 13.3 Å². The van der Waals surface area contributed by atoms with Gasteiger partial charge < -0.3 is 14.7 Å². The van der Waals surface area contributed by atoms with E-state index in [2.05, 4.69) is 14.7 Å². The van der Waals surface area contributed by atoms with E-state index in [1.54, 1.807) is 0 Å². The second-order valence-electron chi connectivity index (χ2n) is 5.04. The zero-order valence-corrected chi connectivity index (χ0v) is 11.4. The first-order valence-corrected chi connectivity index (χ1v) is 6.39. The van der Waals surface area contributed by atoms with Crippen LogP contribution in [0, 0.1) is 11.8 Å². The van der Waals surface area contributed by atoms with E-state index >= 15 is 0 Å². The van der Waals surface area contributed by atoms with Crippen LogP contribution in [0.2, 0.25) is 0 Å². The van der Waals surface area contributed by atoms with Crippen LogP contribution in [0.25, 0.3) is 0 Å². The van der Waals surface area contributed by atoms with Gasteiger partial charge in [0.25, 0.3) is 0 Å². The van der Waals surface area contributed by atoms with E-state index in [4.69, 9.17) is 5.11 Å². The lowest BCUT2D eigenvalue weighted by Crippen LogP contribution is -2.43. The van der Waals surface area contributed by atoms with Gasteiger partial charge in [0, 0.05) is 25.5 Å². The monoisotopic (exact) mass is 279 g/mol. The number of aliphatic carboxylic acids is 1. The standard InChI is InChI=1S/C13H17N3O4/c1-8-3-9(11(17)18)7-16(6-8)13-14-4-10(5-15-13)12(19)20-2/h4-5,8-9H,3,6-7H2,1-2H3,(H,17,18). The predicted molar refractivity (Wildman–Crippen MR) is 70.5 cm³/mol. The molecule has 20 heavy (non-hydrogen) atoms. The molecule has 2 atom stereocenters. The molecular weight excluding hydrogens is 262 g/mol. The number of aromatic nitrogens is 2. The maximum atomic E-state index is 11.3. The molecule has 1 aliphatic heterocycles. The Labute approximate surface area is 116 Å². The van der Waals surface area contributed by atoms with Gasteiger partial charge in [0.15, 0.2) is 0 Å². The van der Waals surface area contributed by atoms with Crippen molar-refractivity contribution in [3.8, 4) is 0 Å². The van der Waals surface area contributed by atoms with E-state index in [1.807, 2.05) is 11.8 Å². The number of nitrogens with zero attached hydrogens (tertiary/aromatic N) is 3. The fourth-order valence-corrected chi connectivity index (χ4v) is 2.40. The molecule has 7 heteroatoms. The third kappa shape index (κ3) is 3.04. The number of ether oxygens (including phenoxy) is 1. The van der Waals surface area contributed by atoms with E-state index in [9.17, 15) is 9.59 Å². The Hall–Kier alpha value is -2.18. The third-order valence-corrected chi connectivity index (χ3v) is 3.35. The van der Waals surface area contributed by atoms with Crippen LogP contribution in [0.4, 0.5) is 5.95 Å². The fraction of sp³-hybridized carbons (Fsp3) is 0.538. The smallest absolute Gasteiger partial charge is 0.341 e. The molecule has 0 radical (unpaired) electrons. The summed E-state index contributed by atoms with van der Waals surface area (Å²) >= 11 is 0. The summed E-state index contributed by atoms with van der Waals surface area (Å²) in [6.45, 7) is 3.10. The molecule has 2 heterocycles. The van der Waals surface area contributed by atoms with E-state index < -0.39 is 17.9 Å². The number of carbonyl (C=O) groups is 2. The molecule has 1 aromatic rings. The van der Waals surface area contributed by atoms with Gasteiger partial charge in [-0.25, -0.2) is 14.8 Å². The molecular formula is C13H17N3O4. The minimum atomic E-state index is -0.798. The van der Waals surface area contributed by atoms with Gasteiger partial charge in [0.1, 0.15) is 0 Å². The molecule has 1 N–H and O–H groups in total. The molecule has 0 amide bonds. The molecule has 0 aliphatic carbocycles. The highest BCUT2D eigenvalue weighted by Crippen LogP contribution is 2.24. The van der Waals surface area contributed by atoms with Crippen molar-refractivity contribution in [3.63, 3.8) is 0 Å². The average molecular weight is 279 g/mol. The molecule has 1 aliphatic rings. The largest absolute Gasteiger partial charge is 0.481 e. The Balaban J connectivity index is 2.14. The van der Waals surface area contributed by atoms with Gasteiger partial charge in [-0.15, -0.1) is 0 Å². The maximum absolute atomic E-state index is 11.3. The fourth-order valence-electron chi connectivity index (χ4n) is 2.40.